The van der Waals surface area contributed by atoms with E-state index in [-0.39, 0.29) is 16.4 Å². The third-order valence-corrected chi connectivity index (χ3v) is 4.93. The molecule has 142 valence electrons. The molecule has 5 nitrogen and oxygen atoms in total. The minimum Gasteiger partial charge on any atom is -0.363 e. The molecule has 0 bridgehead atoms. The fraction of sp³-hybridized carbons (Fsp3) is 0.571. The SMILES string of the molecule is CC(=O)/C=C(\C)c1ccc(N(CC(C)C)C2CCCCC2)c([N+](=O)[O-])c1. The van der Waals surface area contributed by atoms with Gasteiger partial charge in [0.1, 0.15) is 5.69 Å². The largest absolute Gasteiger partial charge is 0.363 e. The number of nitro groups is 1. The van der Waals surface area contributed by atoms with Gasteiger partial charge in [0.25, 0.3) is 5.69 Å². The number of carbonyl (C=O) groups is 1. The first-order chi connectivity index (χ1) is 12.3. The van der Waals surface area contributed by atoms with Crippen LogP contribution in [0.15, 0.2) is 24.3 Å². The number of benzene rings is 1. The molecule has 1 aromatic carbocycles. The number of anilines is 1. The van der Waals surface area contributed by atoms with Crippen LogP contribution < -0.4 is 4.90 Å². The summed E-state index contributed by atoms with van der Waals surface area (Å²) in [6, 6.07) is 5.74. The van der Waals surface area contributed by atoms with Crippen molar-refractivity contribution in [2.24, 2.45) is 5.92 Å². The van der Waals surface area contributed by atoms with Crippen LogP contribution in [0.25, 0.3) is 5.57 Å². The molecular weight excluding hydrogens is 328 g/mol. The number of hydrogen-bond acceptors (Lipinski definition) is 4. The van der Waals surface area contributed by atoms with Gasteiger partial charge >= 0.3 is 0 Å². The summed E-state index contributed by atoms with van der Waals surface area (Å²) in [5.74, 6) is 0.369. The average molecular weight is 358 g/mol. The molecule has 1 aromatic rings. The van der Waals surface area contributed by atoms with Gasteiger partial charge in [-0.2, -0.15) is 0 Å². The summed E-state index contributed by atoms with van der Waals surface area (Å²) in [7, 11) is 0. The van der Waals surface area contributed by atoms with E-state index in [4.69, 9.17) is 0 Å². The molecule has 0 heterocycles. The van der Waals surface area contributed by atoms with Crippen molar-refractivity contribution in [2.45, 2.75) is 65.8 Å². The molecule has 26 heavy (non-hydrogen) atoms. The van der Waals surface area contributed by atoms with Gasteiger partial charge < -0.3 is 4.90 Å². The summed E-state index contributed by atoms with van der Waals surface area (Å²) < 4.78 is 0. The Labute approximate surface area is 156 Å². The molecule has 1 fully saturated rings. The normalized spacial score (nSPS) is 16.0. The van der Waals surface area contributed by atoms with Crippen LogP contribution in [0.3, 0.4) is 0 Å². The van der Waals surface area contributed by atoms with Crippen molar-refractivity contribution in [1.82, 2.24) is 0 Å². The number of nitrogens with zero attached hydrogens (tertiary/aromatic N) is 2. The maximum absolute atomic E-state index is 11.8. The maximum atomic E-state index is 11.8. The van der Waals surface area contributed by atoms with E-state index in [0.29, 0.717) is 17.6 Å². The first-order valence-corrected chi connectivity index (χ1v) is 9.54. The van der Waals surface area contributed by atoms with Gasteiger partial charge in [-0.05, 0) is 55.9 Å². The third kappa shape index (κ3) is 5.16. The highest BCUT2D eigenvalue weighted by Gasteiger charge is 2.28. The molecule has 0 aliphatic heterocycles. The summed E-state index contributed by atoms with van der Waals surface area (Å²) in [5, 5.41) is 11.8. The topological polar surface area (TPSA) is 63.5 Å². The molecule has 0 saturated heterocycles. The van der Waals surface area contributed by atoms with Gasteiger partial charge in [0, 0.05) is 18.7 Å². The Morgan fingerprint density at radius 3 is 2.46 bits per heavy atom. The van der Waals surface area contributed by atoms with Crippen LogP contribution in [0.5, 0.6) is 0 Å². The second kappa shape index (κ2) is 8.97. The third-order valence-electron chi connectivity index (χ3n) is 4.93. The quantitative estimate of drug-likeness (QED) is 0.373. The van der Waals surface area contributed by atoms with Gasteiger partial charge in [-0.1, -0.05) is 39.2 Å². The number of nitro benzene ring substituents is 1. The lowest BCUT2D eigenvalue weighted by Gasteiger charge is -2.37. The Morgan fingerprint density at radius 1 is 1.27 bits per heavy atom. The molecule has 0 aromatic heterocycles. The standard InChI is InChI=1S/C21H30N2O3/c1-15(2)14-22(19-8-6-5-7-9-19)20-11-10-18(13-21(20)23(25)26)16(3)12-17(4)24/h10-13,15,19H,5-9,14H2,1-4H3/b16-12+. The van der Waals surface area contributed by atoms with Gasteiger partial charge in [-0.15, -0.1) is 0 Å². The summed E-state index contributed by atoms with van der Waals surface area (Å²) in [5.41, 5.74) is 2.31. The highest BCUT2D eigenvalue weighted by atomic mass is 16.6. The Balaban J connectivity index is 2.46. The van der Waals surface area contributed by atoms with Crippen LogP contribution in [-0.2, 0) is 4.79 Å². The van der Waals surface area contributed by atoms with Gasteiger partial charge in [0.2, 0.25) is 0 Å². The van der Waals surface area contributed by atoms with Crippen molar-refractivity contribution in [1.29, 1.82) is 0 Å². The number of hydrogen-bond donors (Lipinski definition) is 0. The molecular formula is C21H30N2O3. The lowest BCUT2D eigenvalue weighted by molar-refractivity contribution is -0.384. The average Bonchev–Trinajstić information content (AvgIpc) is 2.59. The first-order valence-electron chi connectivity index (χ1n) is 9.54. The van der Waals surface area contributed by atoms with E-state index in [2.05, 4.69) is 18.7 Å². The zero-order chi connectivity index (χ0) is 19.3. The molecule has 0 N–H and O–H groups in total. The summed E-state index contributed by atoms with van der Waals surface area (Å²) in [4.78, 5) is 25.1. The fourth-order valence-electron chi connectivity index (χ4n) is 3.78. The molecule has 0 spiro atoms. The van der Waals surface area contributed by atoms with Crippen LogP contribution in [0.2, 0.25) is 0 Å². The Morgan fingerprint density at radius 2 is 1.92 bits per heavy atom. The molecule has 5 heteroatoms. The van der Waals surface area contributed by atoms with Gasteiger partial charge in [-0.3, -0.25) is 14.9 Å². The van der Waals surface area contributed by atoms with E-state index in [1.54, 1.807) is 6.07 Å². The fourth-order valence-corrected chi connectivity index (χ4v) is 3.78. The minimum atomic E-state index is -0.296. The van der Waals surface area contributed by atoms with E-state index >= 15 is 0 Å². The highest BCUT2D eigenvalue weighted by Crippen LogP contribution is 2.36. The molecule has 1 saturated carbocycles. The molecule has 0 amide bonds. The van der Waals surface area contributed by atoms with Gasteiger partial charge in [0.15, 0.2) is 5.78 Å². The minimum absolute atomic E-state index is 0.0575. The van der Waals surface area contributed by atoms with Crippen molar-refractivity contribution >= 4 is 22.7 Å². The summed E-state index contributed by atoms with van der Waals surface area (Å²) in [6.45, 7) is 8.41. The number of carbonyl (C=O) groups excluding carboxylic acids is 1. The van der Waals surface area contributed by atoms with Crippen LogP contribution >= 0.6 is 0 Å². The van der Waals surface area contributed by atoms with E-state index in [9.17, 15) is 14.9 Å². The van der Waals surface area contributed by atoms with Gasteiger partial charge in [-0.25, -0.2) is 0 Å². The Hall–Kier alpha value is -2.17. The predicted octanol–water partition coefficient (Wildman–Crippen LogP) is 5.38. The second-order valence-corrected chi connectivity index (χ2v) is 7.74. The molecule has 1 aliphatic rings. The molecule has 0 radical (unpaired) electrons. The second-order valence-electron chi connectivity index (χ2n) is 7.74. The van der Waals surface area contributed by atoms with E-state index in [1.807, 2.05) is 19.1 Å². The van der Waals surface area contributed by atoms with Crippen molar-refractivity contribution in [2.75, 3.05) is 11.4 Å². The zero-order valence-electron chi connectivity index (χ0n) is 16.3. The summed E-state index contributed by atoms with van der Waals surface area (Å²) >= 11 is 0. The van der Waals surface area contributed by atoms with E-state index in [1.165, 1.54) is 32.3 Å². The van der Waals surface area contributed by atoms with Crippen LogP contribution in [-0.4, -0.2) is 23.3 Å². The van der Waals surface area contributed by atoms with E-state index < -0.39 is 0 Å². The smallest absolute Gasteiger partial charge is 0.293 e. The van der Waals surface area contributed by atoms with Crippen molar-refractivity contribution in [3.63, 3.8) is 0 Å². The number of allylic oxidation sites excluding steroid dienone is 2. The highest BCUT2D eigenvalue weighted by molar-refractivity contribution is 5.95. The monoisotopic (exact) mass is 358 g/mol. The Kier molecular flexibility index (Phi) is 6.95. The van der Waals surface area contributed by atoms with Crippen molar-refractivity contribution in [3.05, 3.63) is 40.0 Å². The van der Waals surface area contributed by atoms with Crippen LogP contribution in [0.4, 0.5) is 11.4 Å². The van der Waals surface area contributed by atoms with Crippen molar-refractivity contribution in [3.8, 4) is 0 Å². The number of rotatable bonds is 7. The van der Waals surface area contributed by atoms with Gasteiger partial charge in [0.05, 0.1) is 4.92 Å². The van der Waals surface area contributed by atoms with Crippen LogP contribution in [0, 0.1) is 16.0 Å². The predicted molar refractivity (Wildman–Crippen MR) is 106 cm³/mol. The van der Waals surface area contributed by atoms with E-state index in [0.717, 1.165) is 30.5 Å². The Bertz CT molecular complexity index is 688. The zero-order valence-corrected chi connectivity index (χ0v) is 16.3. The lowest BCUT2D eigenvalue weighted by Crippen LogP contribution is -2.39. The molecule has 2 rings (SSSR count). The lowest BCUT2D eigenvalue weighted by atomic mass is 9.92. The summed E-state index contributed by atoms with van der Waals surface area (Å²) in [6.07, 6.45) is 7.33. The van der Waals surface area contributed by atoms with Crippen molar-refractivity contribution < 1.29 is 9.72 Å². The first kappa shape index (κ1) is 20.1. The van der Waals surface area contributed by atoms with Crippen LogP contribution in [0.1, 0.15) is 65.4 Å². The molecule has 1 aliphatic carbocycles. The molecule has 0 unspecified atom stereocenters. The maximum Gasteiger partial charge on any atom is 0.293 e. The number of ketones is 1. The molecule has 0 atom stereocenters.